The molecule has 2 fully saturated rings. The summed E-state index contributed by atoms with van der Waals surface area (Å²) in [5.74, 6) is -3.48. The van der Waals surface area contributed by atoms with Gasteiger partial charge in [-0.1, -0.05) is 30.3 Å². The van der Waals surface area contributed by atoms with E-state index in [9.17, 15) is 29.1 Å². The minimum atomic E-state index is -1.57. The Labute approximate surface area is 216 Å². The number of piperidine rings is 2. The number of carbonyl (C=O) groups excluding carboxylic acids is 3. The van der Waals surface area contributed by atoms with E-state index in [4.69, 9.17) is 5.11 Å². The van der Waals surface area contributed by atoms with E-state index in [2.05, 4.69) is 16.0 Å². The van der Waals surface area contributed by atoms with Crippen molar-refractivity contribution in [2.45, 2.75) is 62.9 Å². The number of carbonyl (C=O) groups is 5. The van der Waals surface area contributed by atoms with Crippen LogP contribution in [0.4, 0.5) is 0 Å². The molecule has 2 saturated heterocycles. The Kier molecular flexibility index (Phi) is 9.62. The lowest BCUT2D eigenvalue weighted by molar-refractivity contribution is -0.148. The molecule has 5 N–H and O–H groups in total. The molecule has 11 nitrogen and oxygen atoms in total. The van der Waals surface area contributed by atoms with E-state index >= 15 is 0 Å². The summed E-state index contributed by atoms with van der Waals surface area (Å²) in [6, 6.07) is 6.70. The maximum Gasteiger partial charge on any atom is 0.326 e. The molecule has 37 heavy (non-hydrogen) atoms. The Hall–Kier alpha value is -3.47. The van der Waals surface area contributed by atoms with Crippen LogP contribution in [0.15, 0.2) is 30.3 Å². The maximum atomic E-state index is 13.5. The third-order valence-corrected chi connectivity index (χ3v) is 7.38. The van der Waals surface area contributed by atoms with Crippen LogP contribution < -0.4 is 16.0 Å². The van der Waals surface area contributed by atoms with Crippen LogP contribution in [0.5, 0.6) is 0 Å². The van der Waals surface area contributed by atoms with Crippen molar-refractivity contribution in [2.24, 2.45) is 5.92 Å². The van der Waals surface area contributed by atoms with Crippen LogP contribution in [0.2, 0.25) is 0 Å². The van der Waals surface area contributed by atoms with Gasteiger partial charge in [0.05, 0.1) is 11.8 Å². The molecular weight excluding hydrogens is 480 g/mol. The Morgan fingerprint density at radius 3 is 2.16 bits per heavy atom. The minimum absolute atomic E-state index is 0.190. The van der Waals surface area contributed by atoms with Gasteiger partial charge in [-0.15, -0.1) is 0 Å². The van der Waals surface area contributed by atoms with Crippen LogP contribution >= 0.6 is 0 Å². The largest absolute Gasteiger partial charge is 0.481 e. The number of rotatable bonds is 10. The summed E-state index contributed by atoms with van der Waals surface area (Å²) in [7, 11) is 0. The van der Waals surface area contributed by atoms with E-state index in [1.54, 1.807) is 35.2 Å². The highest BCUT2D eigenvalue weighted by Gasteiger charge is 2.45. The first-order valence-electron chi connectivity index (χ1n) is 12.7. The van der Waals surface area contributed by atoms with Gasteiger partial charge in [0.1, 0.15) is 12.1 Å². The van der Waals surface area contributed by atoms with Crippen LogP contribution in [-0.2, 0) is 29.4 Å². The summed E-state index contributed by atoms with van der Waals surface area (Å²) in [6.45, 7) is 3.62. The normalized spacial score (nSPS) is 19.3. The first-order valence-corrected chi connectivity index (χ1v) is 12.7. The average Bonchev–Trinajstić information content (AvgIpc) is 2.88. The smallest absolute Gasteiger partial charge is 0.326 e. The van der Waals surface area contributed by atoms with Gasteiger partial charge in [0.2, 0.25) is 17.7 Å². The summed E-state index contributed by atoms with van der Waals surface area (Å²) in [6.07, 6.45) is 2.13. The number of carboxylic acid groups (broad SMARTS) is 2. The molecule has 11 heteroatoms. The van der Waals surface area contributed by atoms with Gasteiger partial charge in [0.15, 0.2) is 0 Å². The zero-order valence-corrected chi connectivity index (χ0v) is 21.1. The number of amides is 3. The molecule has 2 heterocycles. The highest BCUT2D eigenvalue weighted by atomic mass is 16.4. The lowest BCUT2D eigenvalue weighted by atomic mass is 9.71. The van der Waals surface area contributed by atoms with E-state index in [1.807, 2.05) is 0 Å². The molecule has 0 saturated carbocycles. The van der Waals surface area contributed by atoms with Crippen molar-refractivity contribution in [3.63, 3.8) is 0 Å². The summed E-state index contributed by atoms with van der Waals surface area (Å²) in [5, 5.41) is 27.0. The second-order valence-corrected chi connectivity index (χ2v) is 9.92. The van der Waals surface area contributed by atoms with Gasteiger partial charge in [0, 0.05) is 20.0 Å². The van der Waals surface area contributed by atoms with Crippen LogP contribution in [0.25, 0.3) is 0 Å². The van der Waals surface area contributed by atoms with Gasteiger partial charge in [-0.3, -0.25) is 19.2 Å². The maximum absolute atomic E-state index is 13.5. The number of nitrogens with one attached hydrogen (secondary N) is 3. The zero-order chi connectivity index (χ0) is 27.0. The molecule has 2 aliphatic rings. The molecule has 202 valence electrons. The second kappa shape index (κ2) is 12.7. The first-order chi connectivity index (χ1) is 17.6. The highest BCUT2D eigenvalue weighted by Crippen LogP contribution is 2.36. The molecule has 1 aromatic carbocycles. The standard InChI is InChI=1S/C26H36N4O7/c1-17(31)28-20(15-18-7-11-27-12-8-18)23(34)30-13-9-26(10-14-30,19-5-3-2-4-6-19)25(37)29-21(24(35)36)16-22(32)33/h2-6,18,20-21,27H,7-16H2,1H3,(H,28,31)(H,29,37)(H,32,33)(H,35,36)/t20?,21-/m0/s1. The number of likely N-dealkylation sites (tertiary alicyclic amines) is 1. The first kappa shape index (κ1) is 28.1. The van der Waals surface area contributed by atoms with E-state index in [1.165, 1.54) is 6.92 Å². The molecule has 0 aliphatic carbocycles. The minimum Gasteiger partial charge on any atom is -0.481 e. The lowest BCUT2D eigenvalue weighted by Gasteiger charge is -2.42. The predicted octanol–water partition coefficient (Wildman–Crippen LogP) is 0.485. The van der Waals surface area contributed by atoms with Crippen molar-refractivity contribution in [1.29, 1.82) is 0 Å². The van der Waals surface area contributed by atoms with E-state index in [0.717, 1.165) is 25.9 Å². The van der Waals surface area contributed by atoms with Crippen LogP contribution in [-0.4, -0.2) is 83.0 Å². The Morgan fingerprint density at radius 2 is 1.62 bits per heavy atom. The van der Waals surface area contributed by atoms with Crippen molar-refractivity contribution in [3.8, 4) is 0 Å². The Bertz CT molecular complexity index is 986. The molecule has 3 amide bonds. The topological polar surface area (TPSA) is 165 Å². The van der Waals surface area contributed by atoms with Gasteiger partial charge in [-0.2, -0.15) is 0 Å². The number of aliphatic carboxylic acids is 2. The van der Waals surface area contributed by atoms with Gasteiger partial charge >= 0.3 is 11.9 Å². The SMILES string of the molecule is CC(=O)NC(CC1CCNCC1)C(=O)N1CCC(C(=O)N[C@@H](CC(=O)O)C(=O)O)(c2ccccc2)CC1. The number of carboxylic acids is 2. The fourth-order valence-electron chi connectivity index (χ4n) is 5.32. The molecule has 2 atom stereocenters. The van der Waals surface area contributed by atoms with Crippen LogP contribution in [0.3, 0.4) is 0 Å². The van der Waals surface area contributed by atoms with Gasteiger partial charge in [0.25, 0.3) is 0 Å². The molecule has 0 spiro atoms. The Balaban J connectivity index is 1.77. The Morgan fingerprint density at radius 1 is 1.00 bits per heavy atom. The lowest BCUT2D eigenvalue weighted by Crippen LogP contribution is -2.58. The van der Waals surface area contributed by atoms with Gasteiger partial charge in [-0.05, 0) is 56.7 Å². The average molecular weight is 517 g/mol. The fourth-order valence-corrected chi connectivity index (χ4v) is 5.32. The van der Waals surface area contributed by atoms with Crippen molar-refractivity contribution >= 4 is 29.7 Å². The molecule has 3 rings (SSSR count). The van der Waals surface area contributed by atoms with E-state index in [0.29, 0.717) is 17.9 Å². The summed E-state index contributed by atoms with van der Waals surface area (Å²) < 4.78 is 0. The third kappa shape index (κ3) is 7.28. The summed E-state index contributed by atoms with van der Waals surface area (Å²) >= 11 is 0. The number of benzene rings is 1. The third-order valence-electron chi connectivity index (χ3n) is 7.38. The van der Waals surface area contributed by atoms with Crippen molar-refractivity contribution in [3.05, 3.63) is 35.9 Å². The van der Waals surface area contributed by atoms with Crippen molar-refractivity contribution in [2.75, 3.05) is 26.2 Å². The molecule has 0 bridgehead atoms. The molecule has 2 aliphatic heterocycles. The zero-order valence-electron chi connectivity index (χ0n) is 21.1. The van der Waals surface area contributed by atoms with Gasteiger partial charge in [-0.25, -0.2) is 4.79 Å². The summed E-state index contributed by atoms with van der Waals surface area (Å²) in [5.41, 5.74) is -0.449. The van der Waals surface area contributed by atoms with Gasteiger partial charge < -0.3 is 31.1 Å². The monoisotopic (exact) mass is 516 g/mol. The fraction of sp³-hybridized carbons (Fsp3) is 0.577. The van der Waals surface area contributed by atoms with E-state index in [-0.39, 0.29) is 37.7 Å². The number of hydrogen-bond donors (Lipinski definition) is 5. The molecule has 0 aromatic heterocycles. The van der Waals surface area contributed by atoms with E-state index < -0.39 is 41.8 Å². The quantitative estimate of drug-likeness (QED) is 0.300. The molecular formula is C26H36N4O7. The molecule has 0 radical (unpaired) electrons. The van der Waals surface area contributed by atoms with Crippen LogP contribution in [0, 0.1) is 5.92 Å². The number of nitrogens with zero attached hydrogens (tertiary/aromatic N) is 1. The second-order valence-electron chi connectivity index (χ2n) is 9.92. The molecule has 1 aromatic rings. The van der Waals surface area contributed by atoms with Crippen LogP contribution in [0.1, 0.15) is 51.0 Å². The number of hydrogen-bond acceptors (Lipinski definition) is 6. The predicted molar refractivity (Wildman–Crippen MR) is 134 cm³/mol. The summed E-state index contributed by atoms with van der Waals surface area (Å²) in [4.78, 5) is 63.2. The molecule has 1 unspecified atom stereocenters. The van der Waals surface area contributed by atoms with Crippen molar-refractivity contribution in [1.82, 2.24) is 20.9 Å². The highest BCUT2D eigenvalue weighted by molar-refractivity contribution is 5.93. The van der Waals surface area contributed by atoms with Crippen molar-refractivity contribution < 1.29 is 34.2 Å².